The van der Waals surface area contributed by atoms with Gasteiger partial charge in [0.15, 0.2) is 23.2 Å². The van der Waals surface area contributed by atoms with Gasteiger partial charge >= 0.3 is 13.7 Å². The Hall–Kier alpha value is -4.88. The zero-order valence-corrected chi connectivity index (χ0v) is 28.8. The van der Waals surface area contributed by atoms with E-state index in [1.165, 1.54) is 10.9 Å². The summed E-state index contributed by atoms with van der Waals surface area (Å²) in [7, 11) is -4.39. The number of nitrogens with two attached hydrogens (primary N) is 1. The number of carbonyl (C=O) groups excluding carboxylic acids is 1. The number of nitrogens with one attached hydrogen (secondary N) is 1. The molecule has 0 bridgehead atoms. The maximum absolute atomic E-state index is 14.9. The van der Waals surface area contributed by atoms with Crippen molar-refractivity contribution >= 4 is 53.1 Å². The number of ether oxygens (including phenoxy) is 2. The monoisotopic (exact) mass is 728 g/mol. The van der Waals surface area contributed by atoms with Crippen LogP contribution in [-0.2, 0) is 36.4 Å². The van der Waals surface area contributed by atoms with Crippen molar-refractivity contribution in [2.75, 3.05) is 12.3 Å². The summed E-state index contributed by atoms with van der Waals surface area (Å²) in [6.07, 6.45) is -1.37. The van der Waals surface area contributed by atoms with E-state index in [-0.39, 0.29) is 54.1 Å². The number of benzene rings is 4. The Kier molecular flexibility index (Phi) is 10.3. The molecule has 1 unspecified atom stereocenters. The summed E-state index contributed by atoms with van der Waals surface area (Å²) in [4.78, 5) is 26.1. The summed E-state index contributed by atoms with van der Waals surface area (Å²) >= 11 is 6.43. The molecule has 4 aromatic carbocycles. The number of nitrogen functional groups attached to an aromatic ring is 1. The zero-order chi connectivity index (χ0) is 35.4. The smallest absolute Gasteiger partial charge is 0.459 e. The van der Waals surface area contributed by atoms with Gasteiger partial charge in [-0.25, -0.2) is 19.5 Å². The molecular formula is C36H34ClN6O7P. The fraction of sp³-hybridized carbons (Fsp3) is 0.222. The molecule has 0 amide bonds. The van der Waals surface area contributed by atoms with E-state index in [1.54, 1.807) is 12.1 Å². The molecule has 7 rings (SSSR count). The van der Waals surface area contributed by atoms with Crippen molar-refractivity contribution in [2.24, 2.45) is 0 Å². The lowest BCUT2D eigenvalue weighted by atomic mass is 10.1. The van der Waals surface area contributed by atoms with E-state index in [1.807, 2.05) is 91.0 Å². The van der Waals surface area contributed by atoms with Gasteiger partial charge in [-0.2, -0.15) is 5.09 Å². The number of esters is 1. The summed E-state index contributed by atoms with van der Waals surface area (Å²) in [6, 6.07) is 30.2. The van der Waals surface area contributed by atoms with Crippen LogP contribution in [0.25, 0.3) is 21.9 Å². The summed E-state index contributed by atoms with van der Waals surface area (Å²) in [5.74, 6) is -0.249. The minimum Gasteiger partial charge on any atom is -0.460 e. The molecule has 0 aliphatic carbocycles. The van der Waals surface area contributed by atoms with Crippen molar-refractivity contribution in [2.45, 2.75) is 43.9 Å². The summed E-state index contributed by atoms with van der Waals surface area (Å²) < 4.78 is 40.4. The average molecular weight is 729 g/mol. The van der Waals surface area contributed by atoms with Crippen molar-refractivity contribution in [3.05, 3.63) is 126 Å². The van der Waals surface area contributed by atoms with Crippen LogP contribution in [0.15, 0.2) is 109 Å². The number of hydrogen-bond acceptors (Lipinski definition) is 11. The van der Waals surface area contributed by atoms with Gasteiger partial charge in [0.05, 0.1) is 12.7 Å². The van der Waals surface area contributed by atoms with Crippen molar-refractivity contribution in [1.29, 1.82) is 0 Å². The number of imidazole rings is 1. The highest BCUT2D eigenvalue weighted by Gasteiger charge is 2.41. The maximum atomic E-state index is 14.9. The summed E-state index contributed by atoms with van der Waals surface area (Å²) in [5.41, 5.74) is 8.09. The highest BCUT2D eigenvalue weighted by Crippen LogP contribution is 2.48. The Bertz CT molecular complexity index is 2190. The number of aliphatic hydroxyl groups excluding tert-OH is 1. The van der Waals surface area contributed by atoms with Gasteiger partial charge in [0.1, 0.15) is 30.8 Å². The molecule has 5 atom stereocenters. The fourth-order valence-corrected chi connectivity index (χ4v) is 7.72. The first-order valence-electron chi connectivity index (χ1n) is 16.2. The molecule has 3 heterocycles. The molecule has 15 heteroatoms. The normalized spacial score (nSPS) is 19.1. The summed E-state index contributed by atoms with van der Waals surface area (Å²) in [6.45, 7) is -0.277. The lowest BCUT2D eigenvalue weighted by molar-refractivity contribution is -0.147. The third-order valence-corrected chi connectivity index (χ3v) is 10.2. The molecule has 13 nitrogen and oxygen atoms in total. The number of fused-ring (bicyclic) bond motifs is 2. The lowest BCUT2D eigenvalue weighted by Gasteiger charge is -2.26. The minimum absolute atomic E-state index is 0.00721. The predicted octanol–water partition coefficient (Wildman–Crippen LogP) is 6.01. The molecular weight excluding hydrogens is 695 g/mol. The zero-order valence-electron chi connectivity index (χ0n) is 27.1. The van der Waals surface area contributed by atoms with Crippen LogP contribution in [0.1, 0.15) is 23.8 Å². The maximum Gasteiger partial charge on any atom is 0.459 e. The molecule has 2 aromatic heterocycles. The van der Waals surface area contributed by atoms with Crippen molar-refractivity contribution < 1.29 is 33.0 Å². The van der Waals surface area contributed by atoms with Crippen molar-refractivity contribution in [3.8, 4) is 5.75 Å². The molecule has 1 saturated heterocycles. The second-order valence-corrected chi connectivity index (χ2v) is 14.0. The number of halogens is 1. The van der Waals surface area contributed by atoms with E-state index in [4.69, 9.17) is 35.9 Å². The highest BCUT2D eigenvalue weighted by molar-refractivity contribution is 7.52. The predicted molar refractivity (Wildman–Crippen MR) is 191 cm³/mol. The van der Waals surface area contributed by atoms with Crippen LogP contribution >= 0.6 is 19.3 Å². The Morgan fingerprint density at radius 2 is 1.71 bits per heavy atom. The Morgan fingerprint density at radius 3 is 2.49 bits per heavy atom. The average Bonchev–Trinajstić information content (AvgIpc) is 3.68. The Balaban J connectivity index is 1.16. The van der Waals surface area contributed by atoms with Gasteiger partial charge in [-0.05, 0) is 40.6 Å². The largest absolute Gasteiger partial charge is 0.460 e. The van der Waals surface area contributed by atoms with Crippen molar-refractivity contribution in [1.82, 2.24) is 24.6 Å². The molecule has 0 radical (unpaired) electrons. The summed E-state index contributed by atoms with van der Waals surface area (Å²) in [5, 5.41) is 15.5. The quantitative estimate of drug-likeness (QED) is 0.0719. The molecule has 1 aliphatic rings. The molecule has 262 valence electrons. The van der Waals surface area contributed by atoms with Gasteiger partial charge < -0.3 is 24.8 Å². The number of anilines is 1. The van der Waals surface area contributed by atoms with Crippen LogP contribution in [0, 0.1) is 0 Å². The second kappa shape index (κ2) is 15.2. The Morgan fingerprint density at radius 1 is 1.00 bits per heavy atom. The molecule has 0 spiro atoms. The first kappa shape index (κ1) is 34.6. The van der Waals surface area contributed by atoms with E-state index in [0.29, 0.717) is 5.39 Å². The SMILES string of the molecule is Nc1ncnc2c1nc(Cl)n2[C@@H]1O[C@H](COP(=O)(N[C@@H](Cc2ccccc2)C(=O)OCc2ccccc2)Oc2cccc3ccccc23)C[C@@H]1O. The van der Waals surface area contributed by atoms with Crippen LogP contribution in [0.5, 0.6) is 5.75 Å². The van der Waals surface area contributed by atoms with E-state index < -0.39 is 38.2 Å². The molecule has 1 fully saturated rings. The topological polar surface area (TPSA) is 173 Å². The van der Waals surface area contributed by atoms with Crippen LogP contribution < -0.4 is 15.3 Å². The standard InChI is InChI=1S/C36H34ClN6O7P/c37-36-41-31-32(38)39-22-40-33(31)43(36)34-29(44)19-26(49-34)21-48-51(46,50-30-17-9-15-25-14-7-8-16-27(25)30)42-28(18-23-10-3-1-4-11-23)35(45)47-20-24-12-5-2-6-13-24/h1-17,22,26,28-29,34,44H,18-21H2,(H,42,46)(H2,38,39,40)/t26-,28-,29-,34+,51?/m0/s1. The van der Waals surface area contributed by atoms with Crippen LogP contribution in [0.3, 0.4) is 0 Å². The van der Waals surface area contributed by atoms with Gasteiger partial charge in [-0.15, -0.1) is 0 Å². The first-order chi connectivity index (χ1) is 24.8. The van der Waals surface area contributed by atoms with Gasteiger partial charge in [-0.1, -0.05) is 97.1 Å². The second-order valence-electron chi connectivity index (χ2n) is 12.0. The Labute approximate surface area is 297 Å². The van der Waals surface area contributed by atoms with Gasteiger partial charge in [0, 0.05) is 11.8 Å². The fourth-order valence-electron chi connectivity index (χ4n) is 5.92. The highest BCUT2D eigenvalue weighted by atomic mass is 35.5. The molecule has 51 heavy (non-hydrogen) atoms. The van der Waals surface area contributed by atoms with Crippen LogP contribution in [0.4, 0.5) is 5.82 Å². The van der Waals surface area contributed by atoms with E-state index in [9.17, 15) is 14.5 Å². The van der Waals surface area contributed by atoms with Gasteiger partial charge in [0.25, 0.3) is 0 Å². The van der Waals surface area contributed by atoms with Crippen LogP contribution in [-0.4, -0.2) is 55.5 Å². The van der Waals surface area contributed by atoms with E-state index in [0.717, 1.165) is 16.5 Å². The van der Waals surface area contributed by atoms with Gasteiger partial charge in [0.2, 0.25) is 5.28 Å². The molecule has 6 aromatic rings. The third-order valence-electron chi connectivity index (χ3n) is 8.39. The number of hydrogen-bond donors (Lipinski definition) is 3. The van der Waals surface area contributed by atoms with E-state index >= 15 is 0 Å². The number of nitrogens with zero attached hydrogens (tertiary/aromatic N) is 4. The lowest BCUT2D eigenvalue weighted by Crippen LogP contribution is -2.39. The van der Waals surface area contributed by atoms with Crippen LogP contribution in [0.2, 0.25) is 5.28 Å². The number of aromatic nitrogens is 4. The minimum atomic E-state index is -4.39. The number of carbonyl (C=O) groups is 1. The molecule has 4 N–H and O–H groups in total. The third kappa shape index (κ3) is 7.89. The first-order valence-corrected chi connectivity index (χ1v) is 18.1. The molecule has 1 aliphatic heterocycles. The van der Waals surface area contributed by atoms with E-state index in [2.05, 4.69) is 20.0 Å². The number of aliphatic hydroxyl groups is 1. The van der Waals surface area contributed by atoms with Gasteiger partial charge in [-0.3, -0.25) is 13.9 Å². The van der Waals surface area contributed by atoms with Crippen molar-refractivity contribution in [3.63, 3.8) is 0 Å². The number of rotatable bonds is 13. The molecule has 0 saturated carbocycles.